The number of aromatic hydroxyl groups is 1. The summed E-state index contributed by atoms with van der Waals surface area (Å²) < 4.78 is 0. The Morgan fingerprint density at radius 3 is 2.38 bits per heavy atom. The Labute approximate surface area is 96.9 Å². The largest absolute Gasteiger partial charge is 0.508 e. The third-order valence-corrected chi connectivity index (χ3v) is 3.40. The van der Waals surface area contributed by atoms with Crippen LogP contribution >= 0.6 is 0 Å². The van der Waals surface area contributed by atoms with Gasteiger partial charge in [0.1, 0.15) is 5.75 Å². The minimum absolute atomic E-state index is 0.191. The molecule has 0 saturated heterocycles. The Kier molecular flexibility index (Phi) is 3.83. The number of aryl methyl sites for hydroxylation is 3. The van der Waals surface area contributed by atoms with E-state index in [1.54, 1.807) is 0 Å². The summed E-state index contributed by atoms with van der Waals surface area (Å²) in [4.78, 5) is 0. The van der Waals surface area contributed by atoms with Gasteiger partial charge in [0, 0.05) is 6.61 Å². The molecule has 0 aromatic heterocycles. The minimum Gasteiger partial charge on any atom is -0.508 e. The Morgan fingerprint density at radius 1 is 1.00 bits per heavy atom. The molecular weight excluding hydrogens is 200 g/mol. The van der Waals surface area contributed by atoms with Crippen LogP contribution in [0, 0.1) is 0 Å². The summed E-state index contributed by atoms with van der Waals surface area (Å²) in [6.45, 7) is 0.191. The normalized spacial score (nSPS) is 15.6. The van der Waals surface area contributed by atoms with Crippen LogP contribution in [-0.2, 0) is 19.3 Å². The van der Waals surface area contributed by atoms with E-state index in [-0.39, 0.29) is 6.61 Å². The van der Waals surface area contributed by atoms with Crippen molar-refractivity contribution in [2.45, 2.75) is 44.9 Å². The van der Waals surface area contributed by atoms with Crippen molar-refractivity contribution in [1.29, 1.82) is 0 Å². The summed E-state index contributed by atoms with van der Waals surface area (Å²) in [5, 5.41) is 18.7. The molecule has 0 bridgehead atoms. The van der Waals surface area contributed by atoms with Gasteiger partial charge in [0.15, 0.2) is 0 Å². The van der Waals surface area contributed by atoms with Crippen molar-refractivity contribution in [2.75, 3.05) is 6.61 Å². The second-order valence-electron chi connectivity index (χ2n) is 4.64. The van der Waals surface area contributed by atoms with Gasteiger partial charge in [0.2, 0.25) is 0 Å². The number of rotatable bonds is 3. The van der Waals surface area contributed by atoms with E-state index in [1.165, 1.54) is 30.4 Å². The van der Waals surface area contributed by atoms with E-state index in [4.69, 9.17) is 5.11 Å². The van der Waals surface area contributed by atoms with Crippen LogP contribution < -0.4 is 0 Å². The van der Waals surface area contributed by atoms with Gasteiger partial charge >= 0.3 is 0 Å². The lowest BCUT2D eigenvalue weighted by Crippen LogP contribution is -1.96. The predicted octanol–water partition coefficient (Wildman–Crippen LogP) is 2.59. The molecule has 2 N–H and O–H groups in total. The van der Waals surface area contributed by atoms with E-state index >= 15 is 0 Å². The third-order valence-electron chi connectivity index (χ3n) is 3.40. The maximum atomic E-state index is 9.90. The number of phenols is 1. The average Bonchev–Trinajstić information content (AvgIpc) is 2.50. The molecule has 88 valence electrons. The van der Waals surface area contributed by atoms with E-state index in [1.807, 2.05) is 6.07 Å². The smallest absolute Gasteiger partial charge is 0.119 e. The molecule has 0 heterocycles. The topological polar surface area (TPSA) is 40.5 Å². The monoisotopic (exact) mass is 220 g/mol. The van der Waals surface area contributed by atoms with Gasteiger partial charge in [-0.2, -0.15) is 0 Å². The van der Waals surface area contributed by atoms with Crippen molar-refractivity contribution in [3.05, 3.63) is 28.8 Å². The van der Waals surface area contributed by atoms with Crippen LogP contribution in [0.1, 0.15) is 42.4 Å². The number of hydrogen-bond donors (Lipinski definition) is 2. The minimum atomic E-state index is 0.191. The third kappa shape index (κ3) is 2.56. The molecule has 0 unspecified atom stereocenters. The van der Waals surface area contributed by atoms with Crippen LogP contribution in [0.3, 0.4) is 0 Å². The van der Waals surface area contributed by atoms with Crippen LogP contribution in [0.15, 0.2) is 12.1 Å². The van der Waals surface area contributed by atoms with Gasteiger partial charge in [-0.1, -0.05) is 12.5 Å². The van der Waals surface area contributed by atoms with Crippen molar-refractivity contribution in [1.82, 2.24) is 0 Å². The summed E-state index contributed by atoms with van der Waals surface area (Å²) in [7, 11) is 0. The molecule has 1 aromatic rings. The summed E-state index contributed by atoms with van der Waals surface area (Å²) in [5.74, 6) is 0.411. The lowest BCUT2D eigenvalue weighted by atomic mass is 9.97. The molecule has 0 atom stereocenters. The molecule has 0 aliphatic heterocycles. The fourth-order valence-electron chi connectivity index (χ4n) is 2.47. The zero-order chi connectivity index (χ0) is 11.4. The van der Waals surface area contributed by atoms with Crippen LogP contribution in [0.2, 0.25) is 0 Å². The van der Waals surface area contributed by atoms with Crippen molar-refractivity contribution in [2.24, 2.45) is 0 Å². The van der Waals surface area contributed by atoms with Crippen molar-refractivity contribution >= 4 is 0 Å². The number of phenolic OH excluding ortho intramolecular Hbond substituents is 1. The van der Waals surface area contributed by atoms with E-state index in [2.05, 4.69) is 6.07 Å². The van der Waals surface area contributed by atoms with Crippen molar-refractivity contribution < 1.29 is 10.2 Å². The fourth-order valence-corrected chi connectivity index (χ4v) is 2.47. The summed E-state index contributed by atoms with van der Waals surface area (Å²) in [5.41, 5.74) is 3.72. The SMILES string of the molecule is OCCCc1cc2c(cc1O)CCCCC2. The van der Waals surface area contributed by atoms with Gasteiger partial charge in [0.25, 0.3) is 0 Å². The Morgan fingerprint density at radius 2 is 1.69 bits per heavy atom. The maximum absolute atomic E-state index is 9.90. The van der Waals surface area contributed by atoms with Crippen molar-refractivity contribution in [3.8, 4) is 5.75 Å². The van der Waals surface area contributed by atoms with Crippen LogP contribution in [0.4, 0.5) is 0 Å². The number of hydrogen-bond acceptors (Lipinski definition) is 2. The molecule has 0 spiro atoms. The molecule has 2 heteroatoms. The molecular formula is C14H20O2. The van der Waals surface area contributed by atoms with Gasteiger partial charge in [0.05, 0.1) is 0 Å². The highest BCUT2D eigenvalue weighted by Crippen LogP contribution is 2.28. The van der Waals surface area contributed by atoms with Gasteiger partial charge < -0.3 is 10.2 Å². The first kappa shape index (κ1) is 11.5. The second-order valence-corrected chi connectivity index (χ2v) is 4.64. The van der Waals surface area contributed by atoms with E-state index in [9.17, 15) is 5.11 Å². The zero-order valence-electron chi connectivity index (χ0n) is 9.71. The molecule has 1 aliphatic rings. The van der Waals surface area contributed by atoms with Gasteiger partial charge in [-0.05, 0) is 61.3 Å². The molecule has 0 saturated carbocycles. The molecule has 16 heavy (non-hydrogen) atoms. The van der Waals surface area contributed by atoms with Crippen LogP contribution in [-0.4, -0.2) is 16.8 Å². The highest BCUT2D eigenvalue weighted by molar-refractivity contribution is 5.42. The van der Waals surface area contributed by atoms with E-state index < -0.39 is 0 Å². The predicted molar refractivity (Wildman–Crippen MR) is 64.8 cm³/mol. The Bertz CT molecular complexity index is 358. The first-order chi connectivity index (χ1) is 7.81. The quantitative estimate of drug-likeness (QED) is 0.769. The van der Waals surface area contributed by atoms with Gasteiger partial charge in [-0.15, -0.1) is 0 Å². The second kappa shape index (κ2) is 5.35. The summed E-state index contributed by atoms with van der Waals surface area (Å²) >= 11 is 0. The first-order valence-corrected chi connectivity index (χ1v) is 6.26. The molecule has 0 fully saturated rings. The fraction of sp³-hybridized carbons (Fsp3) is 0.571. The van der Waals surface area contributed by atoms with Crippen LogP contribution in [0.5, 0.6) is 5.75 Å². The molecule has 1 aromatic carbocycles. The number of benzene rings is 1. The van der Waals surface area contributed by atoms with E-state index in [0.29, 0.717) is 5.75 Å². The average molecular weight is 220 g/mol. The van der Waals surface area contributed by atoms with Crippen molar-refractivity contribution in [3.63, 3.8) is 0 Å². The number of aliphatic hydroxyl groups is 1. The number of fused-ring (bicyclic) bond motifs is 1. The zero-order valence-corrected chi connectivity index (χ0v) is 9.71. The molecule has 2 nitrogen and oxygen atoms in total. The Hall–Kier alpha value is -1.02. The Balaban J connectivity index is 2.24. The first-order valence-electron chi connectivity index (χ1n) is 6.26. The van der Waals surface area contributed by atoms with Gasteiger partial charge in [-0.3, -0.25) is 0 Å². The van der Waals surface area contributed by atoms with Gasteiger partial charge in [-0.25, -0.2) is 0 Å². The summed E-state index contributed by atoms with van der Waals surface area (Å²) in [6.07, 6.45) is 7.54. The number of aliphatic hydroxyl groups excluding tert-OH is 1. The molecule has 1 aliphatic carbocycles. The standard InChI is InChI=1S/C14H20O2/c15-8-4-7-13-9-11-5-2-1-3-6-12(11)10-14(13)16/h9-10,15-16H,1-8H2. The van der Waals surface area contributed by atoms with E-state index in [0.717, 1.165) is 31.2 Å². The highest BCUT2D eigenvalue weighted by Gasteiger charge is 2.11. The highest BCUT2D eigenvalue weighted by atomic mass is 16.3. The lowest BCUT2D eigenvalue weighted by Gasteiger charge is -2.11. The summed E-state index contributed by atoms with van der Waals surface area (Å²) in [6, 6.07) is 4.08. The maximum Gasteiger partial charge on any atom is 0.119 e. The lowest BCUT2D eigenvalue weighted by molar-refractivity contribution is 0.288. The molecule has 0 amide bonds. The molecule has 0 radical (unpaired) electrons. The molecule has 2 rings (SSSR count). The van der Waals surface area contributed by atoms with Crippen LogP contribution in [0.25, 0.3) is 0 Å².